The molecule has 0 aliphatic carbocycles. The minimum absolute atomic E-state index is 0.180. The Morgan fingerprint density at radius 3 is 1.59 bits per heavy atom. The van der Waals surface area contributed by atoms with E-state index >= 15 is 0 Å². The van der Waals surface area contributed by atoms with Crippen LogP contribution >= 0.6 is 0 Å². The van der Waals surface area contributed by atoms with Crippen molar-refractivity contribution in [1.29, 1.82) is 0 Å². The van der Waals surface area contributed by atoms with Crippen LogP contribution in [0.2, 0.25) is 0 Å². The van der Waals surface area contributed by atoms with E-state index in [1.54, 1.807) is 0 Å². The van der Waals surface area contributed by atoms with E-state index in [1.807, 2.05) is 12.3 Å². The number of benzene rings is 3. The lowest BCUT2D eigenvalue weighted by Gasteiger charge is -2.26. The molecule has 4 rings (SSSR count). The van der Waals surface area contributed by atoms with Crippen molar-refractivity contribution in [3.05, 3.63) is 106 Å². The molecule has 0 amide bonds. The van der Waals surface area contributed by atoms with Crippen LogP contribution in [0.15, 0.2) is 66.9 Å². The minimum Gasteiger partial charge on any atom is -0.256 e. The Kier molecular flexibility index (Phi) is 6.06. The largest absolute Gasteiger partial charge is 0.256 e. The molecule has 0 aliphatic heterocycles. The summed E-state index contributed by atoms with van der Waals surface area (Å²) >= 11 is 0. The first kappa shape index (κ1) is 22.1. The average Bonchev–Trinajstić information content (AvgIpc) is 2.72. The van der Waals surface area contributed by atoms with Crippen molar-refractivity contribution in [3.8, 4) is 11.3 Å². The van der Waals surface area contributed by atoms with Crippen LogP contribution < -0.4 is 16.4 Å². The molecule has 0 spiro atoms. The summed E-state index contributed by atoms with van der Waals surface area (Å²) in [5.74, 6) is 0. The van der Waals surface area contributed by atoms with Gasteiger partial charge >= 0.3 is 0 Å². The van der Waals surface area contributed by atoms with E-state index in [1.165, 1.54) is 60.9 Å². The lowest BCUT2D eigenvalue weighted by molar-refractivity contribution is 1.31. The van der Waals surface area contributed by atoms with E-state index in [-0.39, 0.29) is 6.71 Å². The molecule has 1 aromatic heterocycles. The number of hydrogen-bond donors (Lipinski definition) is 0. The number of hydrogen-bond acceptors (Lipinski definition) is 1. The summed E-state index contributed by atoms with van der Waals surface area (Å²) in [6, 6.07) is 22.1. The lowest BCUT2D eigenvalue weighted by Crippen LogP contribution is -2.56. The van der Waals surface area contributed by atoms with Gasteiger partial charge in [0, 0.05) is 11.8 Å². The monoisotopic (exact) mass is 417 g/mol. The van der Waals surface area contributed by atoms with Gasteiger partial charge < -0.3 is 0 Å². The maximum Gasteiger partial charge on any atom is 0.242 e. The molecule has 0 aliphatic rings. The van der Waals surface area contributed by atoms with E-state index in [4.69, 9.17) is 0 Å². The van der Waals surface area contributed by atoms with E-state index < -0.39 is 0 Å². The molecule has 160 valence electrons. The highest BCUT2D eigenvalue weighted by atomic mass is 14.7. The Morgan fingerprint density at radius 2 is 1.12 bits per heavy atom. The molecule has 0 saturated carbocycles. The Bertz CT molecular complexity index is 1180. The van der Waals surface area contributed by atoms with Crippen LogP contribution in [0.5, 0.6) is 0 Å². The third-order valence-electron chi connectivity index (χ3n) is 6.68. The predicted molar refractivity (Wildman–Crippen MR) is 140 cm³/mol. The van der Waals surface area contributed by atoms with Gasteiger partial charge in [-0.3, -0.25) is 4.98 Å². The van der Waals surface area contributed by atoms with E-state index in [9.17, 15) is 0 Å². The molecule has 0 bridgehead atoms. The molecule has 0 unspecified atom stereocenters. The fraction of sp³-hybridized carbons (Fsp3) is 0.233. The molecule has 4 aromatic rings. The van der Waals surface area contributed by atoms with Gasteiger partial charge in [0.15, 0.2) is 0 Å². The van der Waals surface area contributed by atoms with Crippen molar-refractivity contribution < 1.29 is 0 Å². The second-order valence-corrected chi connectivity index (χ2v) is 9.29. The van der Waals surface area contributed by atoms with Crippen molar-refractivity contribution in [2.75, 3.05) is 0 Å². The Balaban J connectivity index is 2.06. The smallest absolute Gasteiger partial charge is 0.242 e. The zero-order valence-corrected chi connectivity index (χ0v) is 20.4. The van der Waals surface area contributed by atoms with E-state index in [2.05, 4.69) is 108 Å². The van der Waals surface area contributed by atoms with Crippen molar-refractivity contribution in [2.24, 2.45) is 0 Å². The summed E-state index contributed by atoms with van der Waals surface area (Å²) in [5.41, 5.74) is 15.8. The van der Waals surface area contributed by atoms with Gasteiger partial charge in [0.2, 0.25) is 6.71 Å². The first-order chi connectivity index (χ1) is 15.3. The zero-order valence-electron chi connectivity index (χ0n) is 20.4. The van der Waals surface area contributed by atoms with Gasteiger partial charge in [0.05, 0.1) is 5.69 Å². The minimum atomic E-state index is 0.180. The summed E-state index contributed by atoms with van der Waals surface area (Å²) in [4.78, 5) is 4.65. The fourth-order valence-electron chi connectivity index (χ4n) is 5.51. The van der Waals surface area contributed by atoms with Gasteiger partial charge in [-0.05, 0) is 66.2 Å². The molecule has 32 heavy (non-hydrogen) atoms. The highest BCUT2D eigenvalue weighted by Crippen LogP contribution is 2.21. The topological polar surface area (TPSA) is 12.9 Å². The summed E-state index contributed by atoms with van der Waals surface area (Å²) < 4.78 is 0. The van der Waals surface area contributed by atoms with Crippen LogP contribution in [-0.2, 0) is 0 Å². The van der Waals surface area contributed by atoms with Crippen molar-refractivity contribution in [1.82, 2.24) is 4.98 Å². The Labute approximate surface area is 193 Å². The van der Waals surface area contributed by atoms with Gasteiger partial charge in [-0.15, -0.1) is 0 Å². The predicted octanol–water partition coefficient (Wildman–Crippen LogP) is 5.42. The number of pyridine rings is 1. The Morgan fingerprint density at radius 1 is 0.594 bits per heavy atom. The summed E-state index contributed by atoms with van der Waals surface area (Å²) in [6.07, 6.45) is 1.88. The normalized spacial score (nSPS) is 11.0. The maximum absolute atomic E-state index is 4.65. The molecule has 1 heterocycles. The number of aryl methyl sites for hydroxylation is 6. The van der Waals surface area contributed by atoms with E-state index in [0.717, 1.165) is 5.69 Å². The second-order valence-electron chi connectivity index (χ2n) is 9.29. The van der Waals surface area contributed by atoms with Gasteiger partial charge in [0.25, 0.3) is 0 Å². The SMILES string of the molecule is Cc1cc(C)c(B(c2cccc(-c3ccccn3)c2C)c2c(C)cc(C)cc2C)c(C)c1. The lowest BCUT2D eigenvalue weighted by atomic mass is 9.33. The highest BCUT2D eigenvalue weighted by molar-refractivity contribution is 6.96. The van der Waals surface area contributed by atoms with Crippen molar-refractivity contribution in [3.63, 3.8) is 0 Å². The number of aromatic nitrogens is 1. The second kappa shape index (κ2) is 8.78. The van der Waals surface area contributed by atoms with Crippen LogP contribution in [-0.4, -0.2) is 11.7 Å². The van der Waals surface area contributed by atoms with E-state index in [0.29, 0.717) is 0 Å². The van der Waals surface area contributed by atoms with Gasteiger partial charge in [-0.2, -0.15) is 0 Å². The molecular formula is C30H32BN. The standard InChI is InChI=1S/C30H32BN/c1-19-15-21(3)29(22(4)16-19)31(30-23(5)17-20(2)18-24(30)6)27-12-10-11-26(25(27)7)28-13-8-9-14-32-28/h8-18H,1-7H3. The van der Waals surface area contributed by atoms with Gasteiger partial charge in [0.1, 0.15) is 0 Å². The quantitative estimate of drug-likeness (QED) is 0.404. The number of nitrogens with zero attached hydrogens (tertiary/aromatic N) is 1. The van der Waals surface area contributed by atoms with Gasteiger partial charge in [-0.25, -0.2) is 0 Å². The van der Waals surface area contributed by atoms with Crippen LogP contribution in [0.25, 0.3) is 11.3 Å². The highest BCUT2D eigenvalue weighted by Gasteiger charge is 2.30. The molecule has 0 radical (unpaired) electrons. The molecule has 2 heteroatoms. The summed E-state index contributed by atoms with van der Waals surface area (Å²) in [6.45, 7) is 15.9. The van der Waals surface area contributed by atoms with Crippen molar-refractivity contribution >= 4 is 23.1 Å². The number of rotatable bonds is 4. The molecule has 0 saturated heterocycles. The molecule has 1 nitrogen and oxygen atoms in total. The summed E-state index contributed by atoms with van der Waals surface area (Å²) in [5, 5.41) is 0. The third-order valence-corrected chi connectivity index (χ3v) is 6.68. The maximum atomic E-state index is 4.65. The van der Waals surface area contributed by atoms with Gasteiger partial charge in [-0.1, -0.05) is 98.3 Å². The zero-order chi connectivity index (χ0) is 23.0. The fourth-order valence-corrected chi connectivity index (χ4v) is 5.51. The first-order valence-electron chi connectivity index (χ1n) is 11.4. The van der Waals surface area contributed by atoms with Crippen LogP contribution in [0.1, 0.15) is 38.9 Å². The molecular weight excluding hydrogens is 385 g/mol. The molecule has 3 aromatic carbocycles. The van der Waals surface area contributed by atoms with Crippen LogP contribution in [0.3, 0.4) is 0 Å². The van der Waals surface area contributed by atoms with Crippen molar-refractivity contribution in [2.45, 2.75) is 48.5 Å². The molecule has 0 atom stereocenters. The average molecular weight is 417 g/mol. The van der Waals surface area contributed by atoms with Crippen LogP contribution in [0, 0.1) is 48.5 Å². The molecule has 0 N–H and O–H groups in total. The van der Waals surface area contributed by atoms with Crippen LogP contribution in [0.4, 0.5) is 0 Å². The summed E-state index contributed by atoms with van der Waals surface area (Å²) in [7, 11) is 0. The first-order valence-corrected chi connectivity index (χ1v) is 11.4. The molecule has 0 fully saturated rings. The Hall–Kier alpha value is -3.13. The third kappa shape index (κ3) is 4.02.